The molecule has 7 aromatic rings. The second-order valence-corrected chi connectivity index (χ2v) is 13.0. The largest absolute Gasteiger partial charge is 0.376 e. The van der Waals surface area contributed by atoms with E-state index in [1.165, 1.54) is 43.7 Å². The molecule has 4 heteroatoms. The van der Waals surface area contributed by atoms with Crippen LogP contribution in [0.3, 0.4) is 0 Å². The van der Waals surface area contributed by atoms with Crippen LogP contribution < -0.4 is 21.2 Å². The van der Waals surface area contributed by atoms with Gasteiger partial charge in [0.05, 0.1) is 22.9 Å². The topological polar surface area (TPSA) is 41.0 Å². The van der Waals surface area contributed by atoms with Crippen molar-refractivity contribution in [2.45, 2.75) is 45.8 Å². The van der Waals surface area contributed by atoms with Crippen molar-refractivity contribution in [3.8, 4) is 5.69 Å². The molecule has 0 saturated heterocycles. The van der Waals surface area contributed by atoms with Gasteiger partial charge in [-0.25, -0.2) is 0 Å². The van der Waals surface area contributed by atoms with Gasteiger partial charge in [0.15, 0.2) is 0 Å². The minimum absolute atomic E-state index is 0.0293. The average Bonchev–Trinajstić information content (AvgIpc) is 3.52. The van der Waals surface area contributed by atoms with Crippen LogP contribution in [0.15, 0.2) is 151 Å². The Kier molecular flexibility index (Phi) is 8.67. The zero-order valence-corrected chi connectivity index (χ0v) is 29.6. The molecule has 2 atom stereocenters. The van der Waals surface area contributed by atoms with Crippen LogP contribution in [0.1, 0.15) is 50.9 Å². The van der Waals surface area contributed by atoms with Crippen molar-refractivity contribution in [2.75, 3.05) is 5.32 Å². The fourth-order valence-electron chi connectivity index (χ4n) is 8.05. The van der Waals surface area contributed by atoms with E-state index in [0.717, 1.165) is 51.6 Å². The van der Waals surface area contributed by atoms with E-state index >= 15 is 0 Å². The van der Waals surface area contributed by atoms with E-state index in [4.69, 9.17) is 6.58 Å². The van der Waals surface area contributed by atoms with Gasteiger partial charge in [0.25, 0.3) is 0 Å². The Bertz CT molecular complexity index is 2560. The second kappa shape index (κ2) is 13.7. The molecule has 2 heterocycles. The first-order valence-electron chi connectivity index (χ1n) is 18.2. The smallest absolute Gasteiger partial charge is 0.122 e. The van der Waals surface area contributed by atoms with Crippen molar-refractivity contribution in [1.82, 2.24) is 15.2 Å². The van der Waals surface area contributed by atoms with E-state index in [2.05, 4.69) is 173 Å². The summed E-state index contributed by atoms with van der Waals surface area (Å²) in [7, 11) is 0. The van der Waals surface area contributed by atoms with Crippen LogP contribution in [0.5, 0.6) is 0 Å². The number of hydrogen-bond acceptors (Lipinski definition) is 3. The number of rotatable bonds is 5. The van der Waals surface area contributed by atoms with Gasteiger partial charge in [-0.15, -0.1) is 0 Å². The number of para-hydroxylation sites is 1. The normalized spacial score (nSPS) is 16.9. The van der Waals surface area contributed by atoms with E-state index in [0.29, 0.717) is 0 Å². The molecule has 0 fully saturated rings. The lowest BCUT2D eigenvalue weighted by Crippen LogP contribution is -2.51. The van der Waals surface area contributed by atoms with Crippen LogP contribution in [-0.4, -0.2) is 10.7 Å². The number of allylic oxidation sites excluding steroid dienone is 4. The minimum Gasteiger partial charge on any atom is -0.376 e. The number of aromatic nitrogens is 1. The van der Waals surface area contributed by atoms with E-state index in [1.807, 2.05) is 13.8 Å². The monoisotopic (exact) mass is 664 g/mol. The van der Waals surface area contributed by atoms with Crippen LogP contribution >= 0.6 is 0 Å². The Balaban J connectivity index is 0.00000184. The Hall–Kier alpha value is -6.00. The lowest BCUT2D eigenvalue weighted by molar-refractivity contribution is 0.419. The molecule has 4 nitrogen and oxygen atoms in total. The zero-order valence-electron chi connectivity index (χ0n) is 29.6. The predicted molar refractivity (Wildman–Crippen MR) is 220 cm³/mol. The predicted octanol–water partition coefficient (Wildman–Crippen LogP) is 11.1. The molecule has 0 bridgehead atoms. The molecule has 9 rings (SSSR count). The highest BCUT2D eigenvalue weighted by Gasteiger charge is 2.31. The summed E-state index contributed by atoms with van der Waals surface area (Å²) < 4.78 is 2.39. The summed E-state index contributed by atoms with van der Waals surface area (Å²) in [6, 6.07) is 43.6. The van der Waals surface area contributed by atoms with Crippen molar-refractivity contribution in [3.05, 3.63) is 167 Å². The molecule has 1 aromatic heterocycles. The molecule has 2 unspecified atom stereocenters. The first kappa shape index (κ1) is 32.2. The molecule has 1 aliphatic carbocycles. The fourth-order valence-corrected chi connectivity index (χ4v) is 8.05. The first-order valence-corrected chi connectivity index (χ1v) is 18.2. The van der Waals surface area contributed by atoms with E-state index in [9.17, 15) is 0 Å². The third-order valence-corrected chi connectivity index (χ3v) is 10.2. The van der Waals surface area contributed by atoms with Crippen LogP contribution in [0.2, 0.25) is 0 Å². The van der Waals surface area contributed by atoms with Crippen molar-refractivity contribution < 1.29 is 0 Å². The highest BCUT2D eigenvalue weighted by molar-refractivity contribution is 6.25. The quantitative estimate of drug-likeness (QED) is 0.172. The molecule has 1 aliphatic heterocycles. The lowest BCUT2D eigenvalue weighted by atomic mass is 9.94. The Labute approximate surface area is 300 Å². The molecule has 252 valence electrons. The summed E-state index contributed by atoms with van der Waals surface area (Å²) in [5, 5.41) is 21.1. The number of nitrogens with one attached hydrogen (secondary N) is 3. The maximum absolute atomic E-state index is 4.96. The van der Waals surface area contributed by atoms with Gasteiger partial charge in [-0.1, -0.05) is 130 Å². The fraction of sp³-hybridized carbons (Fsp3) is 0.149. The third kappa shape index (κ3) is 5.48. The molecule has 3 N–H and O–H groups in total. The summed E-state index contributed by atoms with van der Waals surface area (Å²) in [5.74, 6) is 0. The highest BCUT2D eigenvalue weighted by Crippen LogP contribution is 2.39. The van der Waals surface area contributed by atoms with Gasteiger partial charge in [0, 0.05) is 33.2 Å². The van der Waals surface area contributed by atoms with E-state index < -0.39 is 0 Å². The van der Waals surface area contributed by atoms with Crippen LogP contribution in [0, 0.1) is 0 Å². The molecule has 6 aromatic carbocycles. The van der Waals surface area contributed by atoms with Gasteiger partial charge in [0.1, 0.15) is 6.17 Å². The van der Waals surface area contributed by atoms with Crippen LogP contribution in [0.25, 0.3) is 61.6 Å². The standard InChI is InChI=1S/C45H38N4.C2H6/c1-3-16-39-42-29(2)41-34(32-21-10-11-22-33(32)35-24-15-28-40(43(35)42)49(39)31-19-8-5-9-20-31)23-14-27-38(41)48-45-44(30-17-6-4-7-18-30)46-36-25-12-13-26-37(36)47-45;1-2/h3-11,13-24,26-28,44-48H,2,12,25H2,1H3;1-2H3/b16-3-;. The summed E-state index contributed by atoms with van der Waals surface area (Å²) in [4.78, 5) is 0. The summed E-state index contributed by atoms with van der Waals surface area (Å²) in [5.41, 5.74) is 8.14. The van der Waals surface area contributed by atoms with Gasteiger partial charge >= 0.3 is 0 Å². The van der Waals surface area contributed by atoms with Crippen molar-refractivity contribution in [1.29, 1.82) is 0 Å². The lowest BCUT2D eigenvalue weighted by Gasteiger charge is -2.39. The van der Waals surface area contributed by atoms with Crippen molar-refractivity contribution in [2.24, 2.45) is 0 Å². The molecule has 2 aliphatic rings. The van der Waals surface area contributed by atoms with Crippen molar-refractivity contribution >= 4 is 61.6 Å². The van der Waals surface area contributed by atoms with Gasteiger partial charge in [-0.3, -0.25) is 0 Å². The molecular formula is C47H44N4. The SMILES string of the molecule is C=c1c2c(NC3NC4=C(CCC=C4)NC3c3ccccc3)cccc2c2ccccc2c2cccc3c2c1c(/C=C\C)n3-c1ccccc1.CC. The number of anilines is 1. The molecule has 51 heavy (non-hydrogen) atoms. The second-order valence-electron chi connectivity index (χ2n) is 13.0. The Morgan fingerprint density at radius 2 is 1.35 bits per heavy atom. The Morgan fingerprint density at radius 3 is 2.08 bits per heavy atom. The Morgan fingerprint density at radius 1 is 0.706 bits per heavy atom. The number of fused-ring (bicyclic) bond motifs is 4. The molecule has 0 saturated carbocycles. The maximum Gasteiger partial charge on any atom is 0.122 e. The summed E-state index contributed by atoms with van der Waals surface area (Å²) >= 11 is 0. The van der Waals surface area contributed by atoms with Gasteiger partial charge in [-0.05, 0) is 88.5 Å². The van der Waals surface area contributed by atoms with Gasteiger partial charge in [-0.2, -0.15) is 0 Å². The van der Waals surface area contributed by atoms with Crippen LogP contribution in [0.4, 0.5) is 5.69 Å². The number of benzene rings is 5. The average molecular weight is 665 g/mol. The van der Waals surface area contributed by atoms with Crippen LogP contribution in [-0.2, 0) is 0 Å². The van der Waals surface area contributed by atoms with Gasteiger partial charge < -0.3 is 20.5 Å². The number of hydrogen-bond donors (Lipinski definition) is 3. The third-order valence-electron chi connectivity index (χ3n) is 10.2. The van der Waals surface area contributed by atoms with Crippen molar-refractivity contribution in [3.63, 3.8) is 0 Å². The molecule has 0 radical (unpaired) electrons. The number of nitrogens with zero attached hydrogens (tertiary/aromatic N) is 1. The van der Waals surface area contributed by atoms with E-state index in [1.54, 1.807) is 0 Å². The van der Waals surface area contributed by atoms with E-state index in [-0.39, 0.29) is 12.2 Å². The minimum atomic E-state index is -0.111. The molecular weight excluding hydrogens is 621 g/mol. The summed E-state index contributed by atoms with van der Waals surface area (Å²) in [6.07, 6.45) is 10.8. The maximum atomic E-state index is 4.96. The first-order chi connectivity index (χ1) is 25.2. The zero-order chi connectivity index (χ0) is 34.9. The molecule has 0 amide bonds. The molecule has 0 spiro atoms. The van der Waals surface area contributed by atoms with Gasteiger partial charge in [0.2, 0.25) is 0 Å². The highest BCUT2D eigenvalue weighted by atomic mass is 15.2. The summed E-state index contributed by atoms with van der Waals surface area (Å²) in [6.45, 7) is 11.1.